The maximum atomic E-state index is 12.1. The summed E-state index contributed by atoms with van der Waals surface area (Å²) in [5.41, 5.74) is 0. The Bertz CT molecular complexity index is 417. The van der Waals surface area contributed by atoms with Crippen LogP contribution in [0.4, 0.5) is 0 Å². The minimum Gasteiger partial charge on any atom is -0.395 e. The summed E-state index contributed by atoms with van der Waals surface area (Å²) in [5.74, 6) is 0.0826. The van der Waals surface area contributed by atoms with Crippen LogP contribution in [0.2, 0.25) is 0 Å². The summed E-state index contributed by atoms with van der Waals surface area (Å²) in [5, 5.41) is 10.9. The number of nitrogens with zero attached hydrogens (tertiary/aromatic N) is 2. The van der Waals surface area contributed by atoms with Gasteiger partial charge in [0.15, 0.2) is 0 Å². The van der Waals surface area contributed by atoms with E-state index in [1.54, 1.807) is 17.4 Å². The molecule has 4 nitrogen and oxygen atoms in total. The molecule has 2 heterocycles. The fraction of sp³-hybridized carbons (Fsp3) is 0.500. The maximum Gasteiger partial charge on any atom is 0.246 e. The summed E-state index contributed by atoms with van der Waals surface area (Å²) >= 11 is 1.63. The number of hydrogen-bond acceptors (Lipinski definition) is 4. The number of rotatable bonds is 4. The highest BCUT2D eigenvalue weighted by molar-refractivity contribution is 7.10. The van der Waals surface area contributed by atoms with Gasteiger partial charge in [0.1, 0.15) is 0 Å². The molecule has 1 aromatic rings. The SMILES string of the molecule is O=C(C=Cc1cccs1)N1CCCN(CCO)CC1. The maximum absolute atomic E-state index is 12.1. The van der Waals surface area contributed by atoms with Crippen molar-refractivity contribution in [3.63, 3.8) is 0 Å². The fourth-order valence-corrected chi connectivity index (χ4v) is 2.82. The first-order valence-electron chi connectivity index (χ1n) is 6.63. The minimum atomic E-state index is 0.0826. The first-order valence-corrected chi connectivity index (χ1v) is 7.51. The second-order valence-corrected chi connectivity index (χ2v) is 5.57. The van der Waals surface area contributed by atoms with Crippen LogP contribution in [0.3, 0.4) is 0 Å². The average Bonchev–Trinajstić information content (AvgIpc) is 2.82. The van der Waals surface area contributed by atoms with Crippen LogP contribution in [0.1, 0.15) is 11.3 Å². The molecule has 1 aliphatic rings. The van der Waals surface area contributed by atoms with Gasteiger partial charge in [-0.05, 0) is 30.5 Å². The van der Waals surface area contributed by atoms with Gasteiger partial charge < -0.3 is 10.0 Å². The van der Waals surface area contributed by atoms with Crippen molar-refractivity contribution in [2.75, 3.05) is 39.3 Å². The van der Waals surface area contributed by atoms with Crippen LogP contribution in [0.25, 0.3) is 6.08 Å². The predicted octanol–water partition coefficient (Wildman–Crippen LogP) is 1.29. The molecule has 5 heteroatoms. The van der Waals surface area contributed by atoms with Crippen molar-refractivity contribution in [1.82, 2.24) is 9.80 Å². The van der Waals surface area contributed by atoms with Crippen LogP contribution in [0, 0.1) is 0 Å². The van der Waals surface area contributed by atoms with E-state index in [-0.39, 0.29) is 12.5 Å². The summed E-state index contributed by atoms with van der Waals surface area (Å²) in [7, 11) is 0. The molecule has 0 aromatic carbocycles. The highest BCUT2D eigenvalue weighted by Crippen LogP contribution is 2.11. The molecule has 0 unspecified atom stereocenters. The third-order valence-corrected chi connectivity index (χ3v) is 4.09. The number of carbonyl (C=O) groups excluding carboxylic acids is 1. The van der Waals surface area contributed by atoms with Crippen LogP contribution >= 0.6 is 11.3 Å². The van der Waals surface area contributed by atoms with E-state index >= 15 is 0 Å². The molecule has 1 aliphatic heterocycles. The normalized spacial score (nSPS) is 17.8. The number of carbonyl (C=O) groups is 1. The van der Waals surface area contributed by atoms with E-state index in [0.717, 1.165) is 37.5 Å². The number of amides is 1. The van der Waals surface area contributed by atoms with Gasteiger partial charge in [-0.1, -0.05) is 6.07 Å². The zero-order valence-corrected chi connectivity index (χ0v) is 11.8. The van der Waals surface area contributed by atoms with E-state index < -0.39 is 0 Å². The Balaban J connectivity index is 1.85. The van der Waals surface area contributed by atoms with E-state index in [4.69, 9.17) is 5.11 Å². The molecular weight excluding hydrogens is 260 g/mol. The molecular formula is C14H20N2O2S. The molecule has 1 amide bonds. The van der Waals surface area contributed by atoms with E-state index in [1.807, 2.05) is 28.5 Å². The van der Waals surface area contributed by atoms with E-state index in [1.165, 1.54) is 0 Å². The van der Waals surface area contributed by atoms with Crippen molar-refractivity contribution in [3.05, 3.63) is 28.5 Å². The van der Waals surface area contributed by atoms with Gasteiger partial charge in [-0.3, -0.25) is 9.69 Å². The van der Waals surface area contributed by atoms with Gasteiger partial charge in [0.2, 0.25) is 5.91 Å². The lowest BCUT2D eigenvalue weighted by Crippen LogP contribution is -2.35. The van der Waals surface area contributed by atoms with Gasteiger partial charge in [-0.25, -0.2) is 0 Å². The molecule has 0 aliphatic carbocycles. The van der Waals surface area contributed by atoms with Crippen molar-refractivity contribution in [2.45, 2.75) is 6.42 Å². The van der Waals surface area contributed by atoms with E-state index in [2.05, 4.69) is 4.90 Å². The molecule has 0 saturated carbocycles. The third kappa shape index (κ3) is 4.45. The van der Waals surface area contributed by atoms with Gasteiger partial charge in [0.05, 0.1) is 6.61 Å². The Kier molecular flexibility index (Phi) is 5.57. The topological polar surface area (TPSA) is 43.8 Å². The van der Waals surface area contributed by atoms with Crippen LogP contribution in [0.5, 0.6) is 0 Å². The third-order valence-electron chi connectivity index (χ3n) is 3.25. The van der Waals surface area contributed by atoms with Gasteiger partial charge in [-0.15, -0.1) is 11.3 Å². The Morgan fingerprint density at radius 1 is 1.37 bits per heavy atom. The molecule has 1 N–H and O–H groups in total. The smallest absolute Gasteiger partial charge is 0.246 e. The molecule has 1 saturated heterocycles. The van der Waals surface area contributed by atoms with Crippen molar-refractivity contribution < 1.29 is 9.90 Å². The summed E-state index contributed by atoms with van der Waals surface area (Å²) in [6, 6.07) is 3.98. The molecule has 19 heavy (non-hydrogen) atoms. The predicted molar refractivity (Wildman–Crippen MR) is 78.1 cm³/mol. The summed E-state index contributed by atoms with van der Waals surface area (Å²) in [6.07, 6.45) is 4.51. The lowest BCUT2D eigenvalue weighted by atomic mass is 10.3. The molecule has 104 valence electrons. The zero-order valence-electron chi connectivity index (χ0n) is 11.0. The monoisotopic (exact) mass is 280 g/mol. The highest BCUT2D eigenvalue weighted by atomic mass is 32.1. The average molecular weight is 280 g/mol. The second-order valence-electron chi connectivity index (χ2n) is 4.59. The quantitative estimate of drug-likeness (QED) is 0.845. The first-order chi connectivity index (χ1) is 9.29. The molecule has 0 spiro atoms. The lowest BCUT2D eigenvalue weighted by molar-refractivity contribution is -0.125. The molecule has 0 bridgehead atoms. The molecule has 0 radical (unpaired) electrons. The summed E-state index contributed by atoms with van der Waals surface area (Å²) in [6.45, 7) is 4.24. The Hall–Kier alpha value is -1.17. The van der Waals surface area contributed by atoms with Crippen LogP contribution in [0.15, 0.2) is 23.6 Å². The molecule has 1 fully saturated rings. The zero-order chi connectivity index (χ0) is 13.5. The lowest BCUT2D eigenvalue weighted by Gasteiger charge is -2.20. The van der Waals surface area contributed by atoms with Crippen LogP contribution in [-0.2, 0) is 4.79 Å². The number of hydrogen-bond donors (Lipinski definition) is 1. The van der Waals surface area contributed by atoms with E-state index in [9.17, 15) is 4.79 Å². The minimum absolute atomic E-state index is 0.0826. The van der Waals surface area contributed by atoms with Crippen LogP contribution < -0.4 is 0 Å². The Morgan fingerprint density at radius 3 is 3.00 bits per heavy atom. The van der Waals surface area contributed by atoms with Gasteiger partial charge in [-0.2, -0.15) is 0 Å². The standard InChI is InChI=1S/C14H20N2O2S/c17-11-10-15-6-2-7-16(9-8-15)14(18)5-4-13-3-1-12-19-13/h1,3-5,12,17H,2,6-11H2. The summed E-state index contributed by atoms with van der Waals surface area (Å²) in [4.78, 5) is 17.3. The number of thiophene rings is 1. The van der Waals surface area contributed by atoms with Gasteiger partial charge in [0, 0.05) is 37.1 Å². The summed E-state index contributed by atoms with van der Waals surface area (Å²) < 4.78 is 0. The largest absolute Gasteiger partial charge is 0.395 e. The number of aliphatic hydroxyl groups is 1. The van der Waals surface area contributed by atoms with Gasteiger partial charge >= 0.3 is 0 Å². The van der Waals surface area contributed by atoms with Crippen molar-refractivity contribution in [1.29, 1.82) is 0 Å². The number of aliphatic hydroxyl groups excluding tert-OH is 1. The van der Waals surface area contributed by atoms with Crippen molar-refractivity contribution in [3.8, 4) is 0 Å². The molecule has 1 aromatic heterocycles. The van der Waals surface area contributed by atoms with Crippen molar-refractivity contribution in [2.24, 2.45) is 0 Å². The van der Waals surface area contributed by atoms with Crippen molar-refractivity contribution >= 4 is 23.3 Å². The molecule has 0 atom stereocenters. The Morgan fingerprint density at radius 2 is 2.26 bits per heavy atom. The van der Waals surface area contributed by atoms with Gasteiger partial charge in [0.25, 0.3) is 0 Å². The first kappa shape index (κ1) is 14.2. The second kappa shape index (κ2) is 7.43. The van der Waals surface area contributed by atoms with Crippen LogP contribution in [-0.4, -0.2) is 60.1 Å². The highest BCUT2D eigenvalue weighted by Gasteiger charge is 2.16. The molecule has 2 rings (SSSR count). The Labute approximate surface area is 118 Å². The number of β-amino-alcohol motifs (C(OH)–C–C–N with tert-alkyl or cyclic N) is 1. The van der Waals surface area contributed by atoms with E-state index in [0.29, 0.717) is 6.54 Å². The fourth-order valence-electron chi connectivity index (χ4n) is 2.20.